The van der Waals surface area contributed by atoms with Gasteiger partial charge in [0, 0.05) is 11.0 Å². The number of nitrogens with one attached hydrogen (secondary N) is 1. The highest BCUT2D eigenvalue weighted by Crippen LogP contribution is 2.22. The zero-order valence-corrected chi connectivity index (χ0v) is 13.7. The summed E-state index contributed by atoms with van der Waals surface area (Å²) in [6.07, 6.45) is 0. The smallest absolute Gasteiger partial charge is 0.189 e. The lowest BCUT2D eigenvalue weighted by Crippen LogP contribution is -2.12. The number of hydrogen-bond donors (Lipinski definition) is 1. The lowest BCUT2D eigenvalue weighted by Gasteiger charge is -2.10. The predicted octanol–water partition coefficient (Wildman–Crippen LogP) is 4.11. The molecule has 2 aromatic carbocycles. The molecule has 0 bridgehead atoms. The molecule has 0 heterocycles. The van der Waals surface area contributed by atoms with E-state index in [0.717, 1.165) is 28.9 Å². The van der Waals surface area contributed by atoms with Gasteiger partial charge in [-0.3, -0.25) is 0 Å². The summed E-state index contributed by atoms with van der Waals surface area (Å²) in [7, 11) is 0. The standard InChI is InChI=1S/C17H20BrNO2/c1-2-19-11-15-10-16(8-9-17(15)18)21-13-20-12-14-6-4-3-5-7-14/h3-10,19H,2,11-13H2,1H3. The van der Waals surface area contributed by atoms with Crippen LogP contribution in [0.5, 0.6) is 5.75 Å². The molecule has 0 unspecified atom stereocenters. The minimum absolute atomic E-state index is 0.247. The molecule has 2 aromatic rings. The SMILES string of the molecule is CCNCc1cc(OCOCc2ccccc2)ccc1Br. The second-order valence-electron chi connectivity index (χ2n) is 4.63. The first kappa shape index (κ1) is 16.0. The monoisotopic (exact) mass is 349 g/mol. The molecular weight excluding hydrogens is 330 g/mol. The Bertz CT molecular complexity index is 546. The Morgan fingerprint density at radius 2 is 1.90 bits per heavy atom. The van der Waals surface area contributed by atoms with Gasteiger partial charge in [-0.05, 0) is 35.9 Å². The van der Waals surface area contributed by atoms with E-state index in [-0.39, 0.29) is 6.79 Å². The summed E-state index contributed by atoms with van der Waals surface area (Å²) in [6, 6.07) is 16.0. The second kappa shape index (κ2) is 8.82. The highest BCUT2D eigenvalue weighted by atomic mass is 79.9. The number of benzene rings is 2. The van der Waals surface area contributed by atoms with Gasteiger partial charge in [0.25, 0.3) is 0 Å². The first-order valence-electron chi connectivity index (χ1n) is 7.03. The number of rotatable bonds is 8. The molecule has 21 heavy (non-hydrogen) atoms. The minimum atomic E-state index is 0.247. The van der Waals surface area contributed by atoms with Crippen LogP contribution in [0.15, 0.2) is 53.0 Å². The Hall–Kier alpha value is -1.36. The van der Waals surface area contributed by atoms with Crippen LogP contribution in [-0.4, -0.2) is 13.3 Å². The van der Waals surface area contributed by atoms with Crippen molar-refractivity contribution in [3.05, 3.63) is 64.1 Å². The van der Waals surface area contributed by atoms with Crippen LogP contribution in [0.1, 0.15) is 18.1 Å². The number of halogens is 1. The Labute approximate surface area is 134 Å². The molecule has 0 aliphatic rings. The van der Waals surface area contributed by atoms with Crippen molar-refractivity contribution in [3.8, 4) is 5.75 Å². The molecule has 0 saturated carbocycles. The zero-order valence-electron chi connectivity index (χ0n) is 12.1. The van der Waals surface area contributed by atoms with Gasteiger partial charge in [0.1, 0.15) is 5.75 Å². The van der Waals surface area contributed by atoms with E-state index in [4.69, 9.17) is 9.47 Å². The van der Waals surface area contributed by atoms with E-state index < -0.39 is 0 Å². The normalized spacial score (nSPS) is 10.6. The van der Waals surface area contributed by atoms with Crippen LogP contribution in [-0.2, 0) is 17.9 Å². The highest BCUT2D eigenvalue weighted by molar-refractivity contribution is 9.10. The molecule has 0 spiro atoms. The molecule has 1 N–H and O–H groups in total. The topological polar surface area (TPSA) is 30.5 Å². The van der Waals surface area contributed by atoms with E-state index in [1.807, 2.05) is 48.5 Å². The first-order chi connectivity index (χ1) is 10.3. The van der Waals surface area contributed by atoms with Crippen LogP contribution in [0.3, 0.4) is 0 Å². The van der Waals surface area contributed by atoms with E-state index >= 15 is 0 Å². The van der Waals surface area contributed by atoms with E-state index in [1.165, 1.54) is 5.56 Å². The Morgan fingerprint density at radius 1 is 1.10 bits per heavy atom. The van der Waals surface area contributed by atoms with E-state index in [1.54, 1.807) is 0 Å². The third-order valence-corrected chi connectivity index (χ3v) is 3.78. The largest absolute Gasteiger partial charge is 0.468 e. The molecule has 0 saturated heterocycles. The van der Waals surface area contributed by atoms with E-state index in [0.29, 0.717) is 6.61 Å². The fourth-order valence-electron chi connectivity index (χ4n) is 1.88. The maximum absolute atomic E-state index is 5.63. The molecule has 0 aromatic heterocycles. The van der Waals surface area contributed by atoms with Crippen molar-refractivity contribution < 1.29 is 9.47 Å². The third-order valence-electron chi connectivity index (χ3n) is 3.00. The van der Waals surface area contributed by atoms with Crippen molar-refractivity contribution in [3.63, 3.8) is 0 Å². The van der Waals surface area contributed by atoms with Crippen LogP contribution < -0.4 is 10.1 Å². The number of hydrogen-bond acceptors (Lipinski definition) is 3. The molecule has 0 amide bonds. The second-order valence-corrected chi connectivity index (χ2v) is 5.48. The fraction of sp³-hybridized carbons (Fsp3) is 0.294. The maximum Gasteiger partial charge on any atom is 0.189 e. The van der Waals surface area contributed by atoms with Crippen molar-refractivity contribution in [2.75, 3.05) is 13.3 Å². The van der Waals surface area contributed by atoms with Gasteiger partial charge in [-0.1, -0.05) is 53.2 Å². The van der Waals surface area contributed by atoms with Crippen LogP contribution in [0.2, 0.25) is 0 Å². The molecule has 0 atom stereocenters. The third kappa shape index (κ3) is 5.50. The summed E-state index contributed by atoms with van der Waals surface area (Å²) in [5.41, 5.74) is 2.32. The van der Waals surface area contributed by atoms with Gasteiger partial charge < -0.3 is 14.8 Å². The summed E-state index contributed by atoms with van der Waals surface area (Å²) < 4.78 is 12.2. The van der Waals surface area contributed by atoms with Crippen LogP contribution >= 0.6 is 15.9 Å². The summed E-state index contributed by atoms with van der Waals surface area (Å²) >= 11 is 3.55. The summed E-state index contributed by atoms with van der Waals surface area (Å²) in [4.78, 5) is 0. The van der Waals surface area contributed by atoms with Crippen LogP contribution in [0, 0.1) is 0 Å². The predicted molar refractivity (Wildman–Crippen MR) is 88.2 cm³/mol. The summed E-state index contributed by atoms with van der Waals surface area (Å²) in [6.45, 7) is 4.65. The van der Waals surface area contributed by atoms with Crippen molar-refractivity contribution in [1.29, 1.82) is 0 Å². The van der Waals surface area contributed by atoms with Gasteiger partial charge >= 0.3 is 0 Å². The molecule has 0 radical (unpaired) electrons. The first-order valence-corrected chi connectivity index (χ1v) is 7.82. The minimum Gasteiger partial charge on any atom is -0.468 e. The number of ether oxygens (including phenoxy) is 2. The molecule has 0 aliphatic heterocycles. The summed E-state index contributed by atoms with van der Waals surface area (Å²) in [5, 5.41) is 3.30. The lowest BCUT2D eigenvalue weighted by atomic mass is 10.2. The summed E-state index contributed by atoms with van der Waals surface area (Å²) in [5.74, 6) is 0.819. The quantitative estimate of drug-likeness (QED) is 0.574. The van der Waals surface area contributed by atoms with Crippen molar-refractivity contribution in [2.45, 2.75) is 20.1 Å². The van der Waals surface area contributed by atoms with Gasteiger partial charge in [-0.2, -0.15) is 0 Å². The van der Waals surface area contributed by atoms with Crippen LogP contribution in [0.4, 0.5) is 0 Å². The highest BCUT2D eigenvalue weighted by Gasteiger charge is 2.02. The van der Waals surface area contributed by atoms with Gasteiger partial charge in [-0.15, -0.1) is 0 Å². The average molecular weight is 350 g/mol. The molecule has 0 fully saturated rings. The van der Waals surface area contributed by atoms with Gasteiger partial charge in [0.15, 0.2) is 6.79 Å². The Kier molecular flexibility index (Phi) is 6.73. The van der Waals surface area contributed by atoms with Gasteiger partial charge in [0.2, 0.25) is 0 Å². The molecular formula is C17H20BrNO2. The lowest BCUT2D eigenvalue weighted by molar-refractivity contribution is 0.00500. The molecule has 4 heteroatoms. The van der Waals surface area contributed by atoms with Gasteiger partial charge in [-0.25, -0.2) is 0 Å². The fourth-order valence-corrected chi connectivity index (χ4v) is 2.27. The van der Waals surface area contributed by atoms with Crippen LogP contribution in [0.25, 0.3) is 0 Å². The van der Waals surface area contributed by atoms with Crippen molar-refractivity contribution in [1.82, 2.24) is 5.32 Å². The van der Waals surface area contributed by atoms with Crippen molar-refractivity contribution >= 4 is 15.9 Å². The van der Waals surface area contributed by atoms with Crippen molar-refractivity contribution in [2.24, 2.45) is 0 Å². The molecule has 0 aliphatic carbocycles. The molecule has 112 valence electrons. The Morgan fingerprint density at radius 3 is 2.67 bits per heavy atom. The average Bonchev–Trinajstić information content (AvgIpc) is 2.52. The molecule has 3 nitrogen and oxygen atoms in total. The zero-order chi connectivity index (χ0) is 14.9. The maximum atomic E-state index is 5.63. The Balaban J connectivity index is 1.80. The van der Waals surface area contributed by atoms with E-state index in [2.05, 4.69) is 28.2 Å². The molecule has 2 rings (SSSR count). The van der Waals surface area contributed by atoms with Gasteiger partial charge in [0.05, 0.1) is 6.61 Å². The van der Waals surface area contributed by atoms with E-state index in [9.17, 15) is 0 Å².